The van der Waals surface area contributed by atoms with Gasteiger partial charge in [0, 0.05) is 4.88 Å². The molecule has 1 aliphatic rings. The van der Waals surface area contributed by atoms with Crippen LogP contribution in [0.4, 0.5) is 0 Å². The number of hydrogen-bond acceptors (Lipinski definition) is 7. The molecule has 0 amide bonds. The second-order valence-electron chi connectivity index (χ2n) is 6.71. The smallest absolute Gasteiger partial charge is 0.338 e. The molecule has 0 radical (unpaired) electrons. The van der Waals surface area contributed by atoms with Crippen LogP contribution in [-0.4, -0.2) is 24.3 Å². The number of esters is 1. The third kappa shape index (κ3) is 4.13. The third-order valence-electron chi connectivity index (χ3n) is 4.80. The number of hydrogen-bond donors (Lipinski definition) is 0. The molecule has 0 fully saturated rings. The Hall–Kier alpha value is -2.24. The molecule has 4 rings (SSSR count). The molecule has 0 unspecified atom stereocenters. The van der Waals surface area contributed by atoms with Crippen LogP contribution in [-0.2, 0) is 9.53 Å². The van der Waals surface area contributed by atoms with Crippen LogP contribution in [0, 0.1) is 3.57 Å². The summed E-state index contributed by atoms with van der Waals surface area (Å²) in [5, 5.41) is 1.93. The molecular formula is C22H19IN2O4S2. The normalized spacial score (nSPS) is 16.1. The SMILES string of the molecule is CCOC(=O)C1=C(C)N=c2s/c(=C/c3ccc(OC)c(I)c3)c(=O)n2[C@@H]1c1cccs1. The minimum Gasteiger partial charge on any atom is -0.496 e. The molecule has 0 saturated heterocycles. The summed E-state index contributed by atoms with van der Waals surface area (Å²) < 4.78 is 13.7. The van der Waals surface area contributed by atoms with E-state index in [1.807, 2.05) is 41.8 Å². The molecular weight excluding hydrogens is 547 g/mol. The van der Waals surface area contributed by atoms with E-state index in [4.69, 9.17) is 9.47 Å². The van der Waals surface area contributed by atoms with Crippen molar-refractivity contribution in [1.82, 2.24) is 4.57 Å². The lowest BCUT2D eigenvalue weighted by Crippen LogP contribution is -2.39. The van der Waals surface area contributed by atoms with Gasteiger partial charge >= 0.3 is 5.97 Å². The number of fused-ring (bicyclic) bond motifs is 1. The van der Waals surface area contributed by atoms with Crippen LogP contribution >= 0.6 is 45.3 Å². The van der Waals surface area contributed by atoms with Crippen LogP contribution in [0.15, 0.2) is 56.8 Å². The van der Waals surface area contributed by atoms with Crippen LogP contribution < -0.4 is 19.6 Å². The molecule has 1 aromatic carbocycles. The van der Waals surface area contributed by atoms with Crippen molar-refractivity contribution >= 4 is 57.3 Å². The van der Waals surface area contributed by atoms with E-state index in [1.165, 1.54) is 22.7 Å². The molecule has 160 valence electrons. The zero-order valence-corrected chi connectivity index (χ0v) is 20.8. The van der Waals surface area contributed by atoms with Crippen LogP contribution in [0.3, 0.4) is 0 Å². The highest BCUT2D eigenvalue weighted by atomic mass is 127. The summed E-state index contributed by atoms with van der Waals surface area (Å²) in [5.41, 5.74) is 1.69. The monoisotopic (exact) mass is 566 g/mol. The minimum atomic E-state index is -0.548. The Kier molecular flexibility index (Phi) is 6.44. The maximum absolute atomic E-state index is 13.4. The largest absolute Gasteiger partial charge is 0.496 e. The first-order valence-corrected chi connectivity index (χ1v) is 12.3. The number of ether oxygens (including phenoxy) is 2. The summed E-state index contributed by atoms with van der Waals surface area (Å²) in [6, 6.07) is 9.04. The number of rotatable bonds is 5. The minimum absolute atomic E-state index is 0.178. The first kappa shape index (κ1) is 22.0. The van der Waals surface area contributed by atoms with Gasteiger partial charge in [-0.25, -0.2) is 9.79 Å². The maximum Gasteiger partial charge on any atom is 0.338 e. The molecule has 2 aromatic heterocycles. The van der Waals surface area contributed by atoms with Crippen molar-refractivity contribution in [3.63, 3.8) is 0 Å². The lowest BCUT2D eigenvalue weighted by Gasteiger charge is -2.23. The Bertz CT molecular complexity index is 1350. The highest BCUT2D eigenvalue weighted by Crippen LogP contribution is 2.33. The zero-order valence-electron chi connectivity index (χ0n) is 17.0. The first-order valence-electron chi connectivity index (χ1n) is 9.51. The van der Waals surface area contributed by atoms with Gasteiger partial charge in [0.2, 0.25) is 0 Å². The topological polar surface area (TPSA) is 69.9 Å². The van der Waals surface area contributed by atoms with Gasteiger partial charge in [-0.2, -0.15) is 0 Å². The molecule has 0 spiro atoms. The second kappa shape index (κ2) is 9.09. The van der Waals surface area contributed by atoms with E-state index in [2.05, 4.69) is 27.6 Å². The quantitative estimate of drug-likeness (QED) is 0.351. The molecule has 0 N–H and O–H groups in total. The number of benzene rings is 1. The van der Waals surface area contributed by atoms with E-state index < -0.39 is 12.0 Å². The van der Waals surface area contributed by atoms with E-state index in [9.17, 15) is 9.59 Å². The summed E-state index contributed by atoms with van der Waals surface area (Å²) in [7, 11) is 1.63. The first-order chi connectivity index (χ1) is 14.9. The van der Waals surface area contributed by atoms with Gasteiger partial charge in [0.05, 0.1) is 33.1 Å². The Morgan fingerprint density at radius 3 is 2.81 bits per heavy atom. The molecule has 0 aliphatic carbocycles. The Morgan fingerprint density at radius 1 is 1.35 bits per heavy atom. The fourth-order valence-corrected chi connectivity index (χ4v) is 6.06. The molecule has 0 saturated carbocycles. The average Bonchev–Trinajstić information content (AvgIpc) is 3.36. The summed E-state index contributed by atoms with van der Waals surface area (Å²) in [6.45, 7) is 3.81. The predicted octanol–water partition coefficient (Wildman–Crippen LogP) is 3.47. The highest BCUT2D eigenvalue weighted by Gasteiger charge is 2.33. The van der Waals surface area contributed by atoms with E-state index in [-0.39, 0.29) is 12.2 Å². The summed E-state index contributed by atoms with van der Waals surface area (Å²) in [6.07, 6.45) is 1.85. The van der Waals surface area contributed by atoms with Crippen LogP contribution in [0.5, 0.6) is 5.75 Å². The summed E-state index contributed by atoms with van der Waals surface area (Å²) >= 11 is 5.02. The van der Waals surface area contributed by atoms with Crippen molar-refractivity contribution < 1.29 is 14.3 Å². The molecule has 31 heavy (non-hydrogen) atoms. The van der Waals surface area contributed by atoms with E-state index >= 15 is 0 Å². The van der Waals surface area contributed by atoms with Crippen molar-refractivity contribution in [3.8, 4) is 5.75 Å². The maximum atomic E-state index is 13.4. The lowest BCUT2D eigenvalue weighted by molar-refractivity contribution is -0.139. The second-order valence-corrected chi connectivity index (χ2v) is 9.86. The predicted molar refractivity (Wildman–Crippen MR) is 130 cm³/mol. The Balaban J connectivity index is 1.91. The molecule has 9 heteroatoms. The fourth-order valence-electron chi connectivity index (χ4n) is 3.43. The van der Waals surface area contributed by atoms with Crippen molar-refractivity contribution in [3.05, 3.63) is 80.7 Å². The lowest BCUT2D eigenvalue weighted by atomic mass is 10.0. The number of carbonyl (C=O) groups is 1. The Labute approximate surface area is 200 Å². The van der Waals surface area contributed by atoms with Gasteiger partial charge in [-0.3, -0.25) is 9.36 Å². The van der Waals surface area contributed by atoms with Crippen molar-refractivity contribution in [2.45, 2.75) is 19.9 Å². The molecule has 3 heterocycles. The zero-order chi connectivity index (χ0) is 22.1. The highest BCUT2D eigenvalue weighted by molar-refractivity contribution is 14.1. The van der Waals surface area contributed by atoms with Crippen molar-refractivity contribution in [1.29, 1.82) is 0 Å². The van der Waals surface area contributed by atoms with Gasteiger partial charge in [-0.1, -0.05) is 23.5 Å². The molecule has 1 atom stereocenters. The number of carbonyl (C=O) groups excluding carboxylic acids is 1. The van der Waals surface area contributed by atoms with Crippen LogP contribution in [0.2, 0.25) is 0 Å². The average molecular weight is 566 g/mol. The molecule has 1 aliphatic heterocycles. The van der Waals surface area contributed by atoms with Gasteiger partial charge < -0.3 is 9.47 Å². The van der Waals surface area contributed by atoms with Crippen molar-refractivity contribution in [2.24, 2.45) is 4.99 Å². The molecule has 0 bridgehead atoms. The number of methoxy groups -OCH3 is 1. The summed E-state index contributed by atoms with van der Waals surface area (Å²) in [4.78, 5) is 32.3. The number of allylic oxidation sites excluding steroid dienone is 1. The number of thiazole rings is 1. The number of halogens is 1. The number of aromatic nitrogens is 1. The Morgan fingerprint density at radius 2 is 2.16 bits per heavy atom. The van der Waals surface area contributed by atoms with E-state index in [0.29, 0.717) is 20.6 Å². The van der Waals surface area contributed by atoms with Gasteiger partial charge in [-0.15, -0.1) is 11.3 Å². The fraction of sp³-hybridized carbons (Fsp3) is 0.227. The molecule has 3 aromatic rings. The number of nitrogens with zero attached hydrogens (tertiary/aromatic N) is 2. The van der Waals surface area contributed by atoms with Gasteiger partial charge in [0.15, 0.2) is 4.80 Å². The van der Waals surface area contributed by atoms with E-state index in [0.717, 1.165) is 19.8 Å². The third-order valence-corrected chi connectivity index (χ3v) is 7.55. The number of thiophene rings is 1. The summed E-state index contributed by atoms with van der Waals surface area (Å²) in [5.74, 6) is 0.341. The van der Waals surface area contributed by atoms with Gasteiger partial charge in [0.25, 0.3) is 5.56 Å². The van der Waals surface area contributed by atoms with E-state index in [1.54, 1.807) is 25.5 Å². The molecule has 6 nitrogen and oxygen atoms in total. The van der Waals surface area contributed by atoms with Gasteiger partial charge in [0.1, 0.15) is 11.8 Å². The van der Waals surface area contributed by atoms with Crippen molar-refractivity contribution in [2.75, 3.05) is 13.7 Å². The van der Waals surface area contributed by atoms with Crippen LogP contribution in [0.1, 0.15) is 30.3 Å². The standard InChI is InChI=1S/C22H19IN2O4S2/c1-4-29-21(27)18-12(2)24-22-25(19(18)16-6-5-9-30-16)20(26)17(31-22)11-13-7-8-15(28-3)14(23)10-13/h5-11,19H,4H2,1-3H3/b17-11+/t19-/m1/s1. The van der Waals surface area contributed by atoms with Gasteiger partial charge in [-0.05, 0) is 71.7 Å². The van der Waals surface area contributed by atoms with Crippen LogP contribution in [0.25, 0.3) is 6.08 Å².